The summed E-state index contributed by atoms with van der Waals surface area (Å²) in [7, 11) is 0. The molecule has 0 aliphatic heterocycles. The Morgan fingerprint density at radius 3 is 2.35 bits per heavy atom. The Morgan fingerprint density at radius 2 is 1.65 bits per heavy atom. The van der Waals surface area contributed by atoms with Crippen molar-refractivity contribution in [1.82, 2.24) is 0 Å². The van der Waals surface area contributed by atoms with E-state index in [9.17, 15) is 4.39 Å². The molecule has 0 aliphatic carbocycles. The van der Waals surface area contributed by atoms with E-state index in [0.29, 0.717) is 6.54 Å². The summed E-state index contributed by atoms with van der Waals surface area (Å²) in [5.41, 5.74) is 8.34. The van der Waals surface area contributed by atoms with E-state index in [0.717, 1.165) is 16.7 Å². The Balaban J connectivity index is 2.29. The predicted molar refractivity (Wildman–Crippen MR) is 66.7 cm³/mol. The Morgan fingerprint density at radius 1 is 0.941 bits per heavy atom. The lowest BCUT2D eigenvalue weighted by molar-refractivity contribution is 0.627. The number of halogens is 1. The fourth-order valence-corrected chi connectivity index (χ4v) is 1.49. The standard InChI is InChI=1S/C15H12FN/c16-15-9-6-12(7-10-15)5-8-13-3-1-2-4-14(13)11-17/h1-4,6-7,9-10H,11,17H2. The second-order valence-electron chi connectivity index (χ2n) is 3.62. The number of nitrogens with two attached hydrogens (primary N) is 1. The van der Waals surface area contributed by atoms with Gasteiger partial charge in [0.15, 0.2) is 0 Å². The maximum absolute atomic E-state index is 12.7. The molecule has 0 heterocycles. The largest absolute Gasteiger partial charge is 0.326 e. The normalized spacial score (nSPS) is 9.53. The molecule has 0 aromatic heterocycles. The highest BCUT2D eigenvalue weighted by Crippen LogP contribution is 2.07. The number of hydrogen-bond acceptors (Lipinski definition) is 1. The lowest BCUT2D eigenvalue weighted by atomic mass is 10.1. The third kappa shape index (κ3) is 2.93. The average molecular weight is 225 g/mol. The van der Waals surface area contributed by atoms with Crippen LogP contribution in [0.2, 0.25) is 0 Å². The monoisotopic (exact) mass is 225 g/mol. The molecule has 0 atom stereocenters. The third-order valence-electron chi connectivity index (χ3n) is 2.42. The minimum Gasteiger partial charge on any atom is -0.326 e. The van der Waals surface area contributed by atoms with Gasteiger partial charge in [0.2, 0.25) is 0 Å². The van der Waals surface area contributed by atoms with E-state index in [1.807, 2.05) is 24.3 Å². The number of rotatable bonds is 1. The van der Waals surface area contributed by atoms with E-state index >= 15 is 0 Å². The molecule has 84 valence electrons. The Labute approximate surface area is 100 Å². The minimum absolute atomic E-state index is 0.252. The highest BCUT2D eigenvalue weighted by molar-refractivity contribution is 5.46. The molecule has 0 radical (unpaired) electrons. The van der Waals surface area contributed by atoms with Gasteiger partial charge in [-0.15, -0.1) is 0 Å². The number of hydrogen-bond donors (Lipinski definition) is 1. The highest BCUT2D eigenvalue weighted by atomic mass is 19.1. The van der Waals surface area contributed by atoms with E-state index < -0.39 is 0 Å². The van der Waals surface area contributed by atoms with Crippen LogP contribution in [0.3, 0.4) is 0 Å². The molecule has 0 spiro atoms. The summed E-state index contributed by atoms with van der Waals surface area (Å²) < 4.78 is 12.7. The molecule has 2 aromatic rings. The van der Waals surface area contributed by atoms with E-state index in [1.54, 1.807) is 12.1 Å². The van der Waals surface area contributed by atoms with Crippen molar-refractivity contribution in [3.63, 3.8) is 0 Å². The molecular formula is C15H12FN. The second-order valence-corrected chi connectivity index (χ2v) is 3.62. The van der Waals surface area contributed by atoms with Crippen molar-refractivity contribution < 1.29 is 4.39 Å². The summed E-state index contributed by atoms with van der Waals surface area (Å²) >= 11 is 0. The lowest BCUT2D eigenvalue weighted by Gasteiger charge is -1.99. The zero-order valence-electron chi connectivity index (χ0n) is 9.28. The van der Waals surface area contributed by atoms with Gasteiger partial charge in [0, 0.05) is 17.7 Å². The van der Waals surface area contributed by atoms with Crippen LogP contribution in [0, 0.1) is 17.7 Å². The maximum Gasteiger partial charge on any atom is 0.123 e. The Bertz CT molecular complexity index is 561. The van der Waals surface area contributed by atoms with E-state index in [-0.39, 0.29) is 5.82 Å². The quantitative estimate of drug-likeness (QED) is 0.742. The molecule has 0 aliphatic rings. The first kappa shape index (κ1) is 11.4. The van der Waals surface area contributed by atoms with Crippen LogP contribution in [0.4, 0.5) is 4.39 Å². The third-order valence-corrected chi connectivity index (χ3v) is 2.42. The zero-order chi connectivity index (χ0) is 12.1. The van der Waals surface area contributed by atoms with Crippen molar-refractivity contribution >= 4 is 0 Å². The van der Waals surface area contributed by atoms with Gasteiger partial charge in [0.05, 0.1) is 0 Å². The minimum atomic E-state index is -0.252. The van der Waals surface area contributed by atoms with E-state index in [4.69, 9.17) is 5.73 Å². The van der Waals surface area contributed by atoms with Gasteiger partial charge in [-0.25, -0.2) is 4.39 Å². The highest BCUT2D eigenvalue weighted by Gasteiger charge is 1.95. The molecule has 0 fully saturated rings. The lowest BCUT2D eigenvalue weighted by Crippen LogP contribution is -1.98. The fourth-order valence-electron chi connectivity index (χ4n) is 1.49. The first-order valence-electron chi connectivity index (χ1n) is 5.35. The molecule has 2 heteroatoms. The summed E-state index contributed by atoms with van der Waals surface area (Å²) in [5.74, 6) is 5.79. The van der Waals surface area contributed by atoms with Crippen LogP contribution in [0.15, 0.2) is 48.5 Å². The first-order chi connectivity index (χ1) is 8.29. The van der Waals surface area contributed by atoms with Gasteiger partial charge >= 0.3 is 0 Å². The van der Waals surface area contributed by atoms with Gasteiger partial charge in [-0.05, 0) is 35.9 Å². The van der Waals surface area contributed by atoms with Gasteiger partial charge in [-0.2, -0.15) is 0 Å². The fraction of sp³-hybridized carbons (Fsp3) is 0.0667. The molecule has 17 heavy (non-hydrogen) atoms. The van der Waals surface area contributed by atoms with Crippen LogP contribution < -0.4 is 5.73 Å². The van der Waals surface area contributed by atoms with Crippen molar-refractivity contribution in [3.05, 3.63) is 71.0 Å². The summed E-state index contributed by atoms with van der Waals surface area (Å²) in [6, 6.07) is 13.9. The van der Waals surface area contributed by atoms with Crippen molar-refractivity contribution in [1.29, 1.82) is 0 Å². The topological polar surface area (TPSA) is 26.0 Å². The molecule has 0 unspecified atom stereocenters. The van der Waals surface area contributed by atoms with Crippen molar-refractivity contribution in [2.45, 2.75) is 6.54 Å². The van der Waals surface area contributed by atoms with E-state index in [2.05, 4.69) is 11.8 Å². The summed E-state index contributed by atoms with van der Waals surface area (Å²) in [5, 5.41) is 0. The molecular weight excluding hydrogens is 213 g/mol. The summed E-state index contributed by atoms with van der Waals surface area (Å²) in [6.07, 6.45) is 0. The van der Waals surface area contributed by atoms with Crippen LogP contribution in [-0.2, 0) is 6.54 Å². The molecule has 0 saturated heterocycles. The molecule has 0 amide bonds. The van der Waals surface area contributed by atoms with Gasteiger partial charge < -0.3 is 5.73 Å². The summed E-state index contributed by atoms with van der Waals surface area (Å²) in [4.78, 5) is 0. The van der Waals surface area contributed by atoms with Gasteiger partial charge in [0.1, 0.15) is 5.82 Å². The maximum atomic E-state index is 12.7. The zero-order valence-corrected chi connectivity index (χ0v) is 9.28. The molecule has 0 saturated carbocycles. The van der Waals surface area contributed by atoms with Crippen LogP contribution >= 0.6 is 0 Å². The molecule has 1 nitrogen and oxygen atoms in total. The Kier molecular flexibility index (Phi) is 3.54. The van der Waals surface area contributed by atoms with Crippen LogP contribution in [0.5, 0.6) is 0 Å². The van der Waals surface area contributed by atoms with Gasteiger partial charge in [-0.3, -0.25) is 0 Å². The van der Waals surface area contributed by atoms with Crippen molar-refractivity contribution in [3.8, 4) is 11.8 Å². The first-order valence-corrected chi connectivity index (χ1v) is 5.35. The molecule has 2 N–H and O–H groups in total. The number of benzene rings is 2. The Hall–Kier alpha value is -2.11. The molecule has 2 rings (SSSR count). The van der Waals surface area contributed by atoms with Crippen molar-refractivity contribution in [2.24, 2.45) is 5.73 Å². The average Bonchev–Trinajstić information content (AvgIpc) is 2.38. The van der Waals surface area contributed by atoms with Crippen LogP contribution in [-0.4, -0.2) is 0 Å². The van der Waals surface area contributed by atoms with Gasteiger partial charge in [0.25, 0.3) is 0 Å². The SMILES string of the molecule is NCc1ccccc1C#Cc1ccc(F)cc1. The summed E-state index contributed by atoms with van der Waals surface area (Å²) in [6.45, 7) is 0.467. The second kappa shape index (κ2) is 5.29. The predicted octanol–water partition coefficient (Wildman–Crippen LogP) is 2.68. The van der Waals surface area contributed by atoms with Crippen LogP contribution in [0.25, 0.3) is 0 Å². The van der Waals surface area contributed by atoms with Crippen LogP contribution in [0.1, 0.15) is 16.7 Å². The van der Waals surface area contributed by atoms with E-state index in [1.165, 1.54) is 12.1 Å². The molecule has 2 aromatic carbocycles. The van der Waals surface area contributed by atoms with Crippen molar-refractivity contribution in [2.75, 3.05) is 0 Å². The smallest absolute Gasteiger partial charge is 0.123 e. The molecule has 0 bridgehead atoms. The van der Waals surface area contributed by atoms with Gasteiger partial charge in [-0.1, -0.05) is 30.0 Å².